The molecule has 284 valence electrons. The fraction of sp³-hybridized carbons (Fsp3) is 0.154. The van der Waals surface area contributed by atoms with E-state index in [0.29, 0.717) is 22.6 Å². The monoisotopic (exact) mass is 922 g/mol. The molecular weight excluding hydrogens is 880 g/mol. The summed E-state index contributed by atoms with van der Waals surface area (Å²) in [6.07, 6.45) is 1.93. The Morgan fingerprint density at radius 2 is 1.30 bits per heavy atom. The van der Waals surface area contributed by atoms with Gasteiger partial charge < -0.3 is 9.52 Å². The van der Waals surface area contributed by atoms with Crippen molar-refractivity contribution in [2.24, 2.45) is 0 Å². The summed E-state index contributed by atoms with van der Waals surface area (Å²) in [5.74, 6) is 0.501. The quantitative estimate of drug-likeness (QED) is 0.169. The molecule has 5 heteroatoms. The fourth-order valence-corrected chi connectivity index (χ4v) is 8.10. The molecule has 7 aromatic carbocycles. The van der Waals surface area contributed by atoms with Crippen molar-refractivity contribution >= 4 is 32.8 Å². The minimum atomic E-state index is -0.238. The van der Waals surface area contributed by atoms with Crippen LogP contribution in [0, 0.1) is 13.0 Å². The van der Waals surface area contributed by atoms with Gasteiger partial charge in [0, 0.05) is 38.2 Å². The summed E-state index contributed by atoms with van der Waals surface area (Å²) in [5, 5.41) is 14.6. The summed E-state index contributed by atoms with van der Waals surface area (Å²) in [5.41, 5.74) is 13.1. The van der Waals surface area contributed by atoms with Gasteiger partial charge in [0.25, 0.3) is 0 Å². The number of benzene rings is 7. The van der Waals surface area contributed by atoms with E-state index in [-0.39, 0.29) is 37.6 Å². The number of hydrogen-bond acceptors (Lipinski definition) is 4. The van der Waals surface area contributed by atoms with E-state index in [9.17, 15) is 5.11 Å². The standard InChI is InChI=1S/C52H43N2O2.Pt/c1-32-26-41(48-43(27-32)45(24-25-53-48)52(5,6)37-18-8-7-9-19-37)34-16-12-17-35(28-34)42-29-36(40-21-13-15-33-14-10-11-20-39(33)40)30-47-49(42)54-50(56-47)44-31-38(51(2,3)4)22-23-46(44)55;/h7-27,29-31,55H,1-6H3;/q-1;. The topological polar surface area (TPSA) is 59.2 Å². The average Bonchev–Trinajstić information content (AvgIpc) is 3.64. The van der Waals surface area contributed by atoms with Crippen LogP contribution in [-0.4, -0.2) is 15.1 Å². The third kappa shape index (κ3) is 6.87. The van der Waals surface area contributed by atoms with E-state index in [4.69, 9.17) is 14.4 Å². The van der Waals surface area contributed by atoms with E-state index in [1.165, 1.54) is 11.1 Å². The van der Waals surface area contributed by atoms with Gasteiger partial charge in [0.2, 0.25) is 5.89 Å². The maximum atomic E-state index is 11.1. The minimum Gasteiger partial charge on any atom is -0.507 e. The van der Waals surface area contributed by atoms with Crippen LogP contribution in [0.5, 0.6) is 5.75 Å². The number of pyridine rings is 1. The van der Waals surface area contributed by atoms with Crippen LogP contribution in [0.1, 0.15) is 56.9 Å². The molecule has 0 spiro atoms. The number of hydrogen-bond donors (Lipinski definition) is 1. The predicted octanol–water partition coefficient (Wildman–Crippen LogP) is 13.6. The molecule has 0 fully saturated rings. The van der Waals surface area contributed by atoms with Gasteiger partial charge in [-0.1, -0.05) is 148 Å². The van der Waals surface area contributed by atoms with E-state index < -0.39 is 0 Å². The van der Waals surface area contributed by atoms with Crippen LogP contribution in [-0.2, 0) is 31.9 Å². The Kier molecular flexibility index (Phi) is 9.74. The van der Waals surface area contributed by atoms with Crippen molar-refractivity contribution in [2.45, 2.75) is 52.4 Å². The Morgan fingerprint density at radius 3 is 2.07 bits per heavy atom. The summed E-state index contributed by atoms with van der Waals surface area (Å²) in [6.45, 7) is 13.2. The minimum absolute atomic E-state index is 0. The molecule has 2 heterocycles. The largest absolute Gasteiger partial charge is 0.507 e. The van der Waals surface area contributed by atoms with E-state index in [1.54, 1.807) is 6.07 Å². The molecule has 0 aliphatic heterocycles. The molecule has 0 unspecified atom stereocenters. The van der Waals surface area contributed by atoms with Gasteiger partial charge in [0.05, 0.1) is 11.1 Å². The summed E-state index contributed by atoms with van der Waals surface area (Å²) in [4.78, 5) is 10.1. The summed E-state index contributed by atoms with van der Waals surface area (Å²) < 4.78 is 6.61. The van der Waals surface area contributed by atoms with Crippen molar-refractivity contribution in [3.63, 3.8) is 0 Å². The molecule has 2 aromatic heterocycles. The summed E-state index contributed by atoms with van der Waals surface area (Å²) in [6, 6.07) is 52.2. The van der Waals surface area contributed by atoms with Crippen LogP contribution in [0.15, 0.2) is 150 Å². The fourth-order valence-electron chi connectivity index (χ4n) is 8.10. The molecule has 0 saturated carbocycles. The Labute approximate surface area is 348 Å². The third-order valence-corrected chi connectivity index (χ3v) is 11.2. The molecule has 0 amide bonds. The zero-order valence-corrected chi connectivity index (χ0v) is 35.2. The first-order valence-electron chi connectivity index (χ1n) is 19.2. The molecular formula is C52H43N2O2Pt-. The molecule has 57 heavy (non-hydrogen) atoms. The molecule has 9 rings (SSSR count). The second kappa shape index (κ2) is 14.6. The average molecular weight is 923 g/mol. The van der Waals surface area contributed by atoms with Gasteiger partial charge in [0.1, 0.15) is 11.3 Å². The molecule has 0 bridgehead atoms. The Hall–Kier alpha value is -5.83. The third-order valence-electron chi connectivity index (χ3n) is 11.2. The Bertz CT molecular complexity index is 2950. The zero-order valence-electron chi connectivity index (χ0n) is 32.9. The van der Waals surface area contributed by atoms with Crippen LogP contribution in [0.4, 0.5) is 0 Å². The first-order chi connectivity index (χ1) is 27.0. The van der Waals surface area contributed by atoms with Gasteiger partial charge in [-0.15, -0.1) is 35.4 Å². The number of fused-ring (bicyclic) bond motifs is 3. The zero-order chi connectivity index (χ0) is 38.8. The van der Waals surface area contributed by atoms with E-state index in [2.05, 4.69) is 169 Å². The molecule has 0 aliphatic rings. The number of phenolic OH excluding ortho intramolecular Hbond substituents is 1. The molecule has 0 aliphatic carbocycles. The Morgan fingerprint density at radius 1 is 0.596 bits per heavy atom. The van der Waals surface area contributed by atoms with Crippen LogP contribution >= 0.6 is 0 Å². The van der Waals surface area contributed by atoms with Crippen LogP contribution in [0.25, 0.3) is 77.6 Å². The normalized spacial score (nSPS) is 12.0. The van der Waals surface area contributed by atoms with Crippen molar-refractivity contribution in [1.82, 2.24) is 9.97 Å². The van der Waals surface area contributed by atoms with Gasteiger partial charge in [-0.2, -0.15) is 0 Å². The van der Waals surface area contributed by atoms with Gasteiger partial charge in [-0.3, -0.25) is 4.98 Å². The number of aromatic nitrogens is 2. The predicted molar refractivity (Wildman–Crippen MR) is 231 cm³/mol. The number of nitrogens with zero attached hydrogens (tertiary/aromatic N) is 2. The molecule has 0 radical (unpaired) electrons. The van der Waals surface area contributed by atoms with Crippen molar-refractivity contribution in [2.75, 3.05) is 0 Å². The second-order valence-corrected chi connectivity index (χ2v) is 16.4. The SMILES string of the molecule is Cc1cc(-c2[c-]c(-c3cc(-c4cccc5ccccc45)cc4oc(-c5cc(C(C)(C)C)ccc5O)nc34)ccc2)c2nccc(C(C)(C)c3ccccc3)c2c1.[Pt]. The molecule has 4 nitrogen and oxygen atoms in total. The van der Waals surface area contributed by atoms with Crippen molar-refractivity contribution in [3.8, 4) is 50.6 Å². The summed E-state index contributed by atoms with van der Waals surface area (Å²) in [7, 11) is 0. The molecule has 0 saturated heterocycles. The first-order valence-corrected chi connectivity index (χ1v) is 19.2. The molecule has 1 N–H and O–H groups in total. The van der Waals surface area contributed by atoms with E-state index in [1.807, 2.05) is 18.3 Å². The maximum Gasteiger partial charge on any atom is 0.230 e. The number of aromatic hydroxyl groups is 1. The van der Waals surface area contributed by atoms with Gasteiger partial charge in [-0.05, 0) is 80.6 Å². The number of phenols is 1. The van der Waals surface area contributed by atoms with Crippen molar-refractivity contribution < 1.29 is 30.6 Å². The van der Waals surface area contributed by atoms with Gasteiger partial charge in [0.15, 0.2) is 0 Å². The van der Waals surface area contributed by atoms with Gasteiger partial charge in [-0.25, -0.2) is 4.98 Å². The molecule has 9 aromatic rings. The van der Waals surface area contributed by atoms with E-state index >= 15 is 0 Å². The van der Waals surface area contributed by atoms with Crippen LogP contribution < -0.4 is 0 Å². The summed E-state index contributed by atoms with van der Waals surface area (Å²) >= 11 is 0. The smallest absolute Gasteiger partial charge is 0.230 e. The van der Waals surface area contributed by atoms with Crippen LogP contribution in [0.3, 0.4) is 0 Å². The van der Waals surface area contributed by atoms with Crippen molar-refractivity contribution in [3.05, 3.63) is 174 Å². The van der Waals surface area contributed by atoms with Gasteiger partial charge >= 0.3 is 0 Å². The number of oxazole rings is 1. The van der Waals surface area contributed by atoms with Crippen LogP contribution in [0.2, 0.25) is 0 Å². The van der Waals surface area contributed by atoms with Crippen molar-refractivity contribution in [1.29, 1.82) is 0 Å². The van der Waals surface area contributed by atoms with E-state index in [0.717, 1.165) is 66.2 Å². The molecule has 0 atom stereocenters. The Balaban J connectivity index is 0.00000455. The number of rotatable bonds is 6. The maximum absolute atomic E-state index is 11.1. The second-order valence-electron chi connectivity index (χ2n) is 16.4. The first kappa shape index (κ1) is 38.1. The number of aryl methyl sites for hydroxylation is 1.